The number of rotatable bonds is 7. The van der Waals surface area contributed by atoms with Gasteiger partial charge in [0.25, 0.3) is 0 Å². The highest BCUT2D eigenvalue weighted by Crippen LogP contribution is 2.44. The number of benzene rings is 2. The lowest BCUT2D eigenvalue weighted by molar-refractivity contribution is 0.0600. The zero-order valence-corrected chi connectivity index (χ0v) is 25.0. The van der Waals surface area contributed by atoms with Crippen LogP contribution < -0.4 is 14.9 Å². The molecule has 1 saturated heterocycles. The second-order valence-electron chi connectivity index (χ2n) is 10.1. The molecule has 0 unspecified atom stereocenters. The summed E-state index contributed by atoms with van der Waals surface area (Å²) in [5, 5.41) is 4.03. The van der Waals surface area contributed by atoms with Crippen LogP contribution in [0.25, 0.3) is 5.69 Å². The summed E-state index contributed by atoms with van der Waals surface area (Å²) >= 11 is 5.89. The summed E-state index contributed by atoms with van der Waals surface area (Å²) in [7, 11) is -2.06. The molecule has 1 aliphatic rings. The van der Waals surface area contributed by atoms with E-state index in [4.69, 9.17) is 17.0 Å². The Morgan fingerprint density at radius 3 is 2.34 bits per heavy atom. The van der Waals surface area contributed by atoms with Crippen molar-refractivity contribution in [3.05, 3.63) is 107 Å². The maximum Gasteiger partial charge on any atom is 0.337 e. The van der Waals surface area contributed by atoms with Crippen LogP contribution in [0.5, 0.6) is 0 Å². The van der Waals surface area contributed by atoms with Gasteiger partial charge in [-0.05, 0) is 105 Å². The van der Waals surface area contributed by atoms with Gasteiger partial charge in [0.2, 0.25) is 10.0 Å². The number of nitrogens with one attached hydrogen (secondary N) is 2. The first kappa shape index (κ1) is 28.3. The van der Waals surface area contributed by atoms with Crippen molar-refractivity contribution >= 4 is 44.7 Å². The summed E-state index contributed by atoms with van der Waals surface area (Å²) < 4.78 is 33.3. The molecule has 9 nitrogen and oxygen atoms in total. The van der Waals surface area contributed by atoms with Gasteiger partial charge in [0, 0.05) is 29.0 Å². The number of sulfonamides is 1. The number of carbonyl (C=O) groups is 1. The first-order valence-corrected chi connectivity index (χ1v) is 15.2. The standard InChI is InChI=1S/C30H31N5O4S2/c1-18-16-23(13-14-25(18)33-41(5,37)38)35-28(27(32-30(35)40)26-8-6-7-15-31-26)24-17-19(2)34(20(24)3)22-11-9-21(10-12-22)29(36)39-4/h6-17,27-28,33H,1-5H3,(H,32,40)/t27-,28+/m1/s1. The van der Waals surface area contributed by atoms with E-state index in [9.17, 15) is 13.2 Å². The minimum Gasteiger partial charge on any atom is -0.465 e. The quantitative estimate of drug-likeness (QED) is 0.226. The molecular weight excluding hydrogens is 558 g/mol. The molecule has 2 aromatic heterocycles. The maximum atomic E-state index is 12.0. The van der Waals surface area contributed by atoms with Crippen LogP contribution in [0.4, 0.5) is 11.4 Å². The molecule has 0 bridgehead atoms. The molecule has 5 rings (SSSR count). The molecule has 4 aromatic rings. The Balaban J connectivity index is 1.62. The van der Waals surface area contributed by atoms with E-state index in [-0.39, 0.29) is 18.1 Å². The lowest BCUT2D eigenvalue weighted by Gasteiger charge is -2.29. The average molecular weight is 590 g/mol. The van der Waals surface area contributed by atoms with Crippen LogP contribution in [0.3, 0.4) is 0 Å². The van der Waals surface area contributed by atoms with Crippen LogP contribution in [-0.2, 0) is 14.8 Å². The molecule has 11 heteroatoms. The molecule has 1 aliphatic heterocycles. The fraction of sp³-hybridized carbons (Fsp3) is 0.233. The van der Waals surface area contributed by atoms with Gasteiger partial charge >= 0.3 is 5.97 Å². The molecule has 41 heavy (non-hydrogen) atoms. The summed E-state index contributed by atoms with van der Waals surface area (Å²) in [6.45, 7) is 5.97. The van der Waals surface area contributed by atoms with Crippen LogP contribution in [0.15, 0.2) is 72.9 Å². The van der Waals surface area contributed by atoms with Gasteiger partial charge in [0.05, 0.1) is 42.4 Å². The molecule has 212 valence electrons. The average Bonchev–Trinajstić information content (AvgIpc) is 3.44. The maximum absolute atomic E-state index is 12.0. The molecular formula is C30H31N5O4S2. The van der Waals surface area contributed by atoms with E-state index in [0.29, 0.717) is 16.4 Å². The number of carbonyl (C=O) groups excluding carboxylic acids is 1. The first-order chi connectivity index (χ1) is 19.5. The van der Waals surface area contributed by atoms with Crippen molar-refractivity contribution in [2.45, 2.75) is 32.9 Å². The van der Waals surface area contributed by atoms with E-state index in [2.05, 4.69) is 37.5 Å². The van der Waals surface area contributed by atoms with E-state index >= 15 is 0 Å². The lowest BCUT2D eigenvalue weighted by atomic mass is 9.96. The highest BCUT2D eigenvalue weighted by Gasteiger charge is 2.42. The molecule has 0 spiro atoms. The van der Waals surface area contributed by atoms with Crippen LogP contribution in [-0.4, -0.2) is 42.4 Å². The molecule has 0 radical (unpaired) electrons. The Kier molecular flexibility index (Phi) is 7.58. The first-order valence-electron chi connectivity index (χ1n) is 12.9. The minimum absolute atomic E-state index is 0.242. The van der Waals surface area contributed by atoms with E-state index in [1.165, 1.54) is 7.11 Å². The number of aromatic nitrogens is 2. The number of anilines is 2. The molecule has 2 atom stereocenters. The monoisotopic (exact) mass is 589 g/mol. The highest BCUT2D eigenvalue weighted by atomic mass is 32.2. The van der Waals surface area contributed by atoms with Crippen molar-refractivity contribution in [1.29, 1.82) is 0 Å². The Labute approximate surface area is 245 Å². The number of methoxy groups -OCH3 is 1. The fourth-order valence-electron chi connectivity index (χ4n) is 5.41. The summed E-state index contributed by atoms with van der Waals surface area (Å²) in [6, 6.07) is 20.3. The van der Waals surface area contributed by atoms with Crippen molar-refractivity contribution in [1.82, 2.24) is 14.9 Å². The minimum atomic E-state index is -3.42. The third kappa shape index (κ3) is 5.55. The van der Waals surface area contributed by atoms with Crippen molar-refractivity contribution in [3.8, 4) is 5.69 Å². The number of pyridine rings is 1. The Hall–Kier alpha value is -4.22. The summed E-state index contributed by atoms with van der Waals surface area (Å²) in [4.78, 5) is 18.7. The number of hydrogen-bond donors (Lipinski definition) is 2. The second kappa shape index (κ2) is 11.0. The van der Waals surface area contributed by atoms with Gasteiger partial charge in [0.15, 0.2) is 5.11 Å². The number of nitrogens with zero attached hydrogens (tertiary/aromatic N) is 3. The number of esters is 1. The molecule has 3 heterocycles. The summed E-state index contributed by atoms with van der Waals surface area (Å²) in [5.41, 5.74) is 7.45. The van der Waals surface area contributed by atoms with Gasteiger partial charge in [-0.1, -0.05) is 6.07 Å². The molecule has 1 fully saturated rings. The smallest absolute Gasteiger partial charge is 0.337 e. The Morgan fingerprint density at radius 1 is 1.02 bits per heavy atom. The zero-order chi connectivity index (χ0) is 29.5. The zero-order valence-electron chi connectivity index (χ0n) is 23.4. The van der Waals surface area contributed by atoms with Crippen LogP contribution in [0.1, 0.15) is 50.7 Å². The van der Waals surface area contributed by atoms with Crippen molar-refractivity contribution in [2.75, 3.05) is 23.0 Å². The van der Waals surface area contributed by atoms with Crippen LogP contribution in [0.2, 0.25) is 0 Å². The van der Waals surface area contributed by atoms with Crippen molar-refractivity contribution < 1.29 is 17.9 Å². The van der Waals surface area contributed by atoms with Gasteiger partial charge in [-0.15, -0.1) is 0 Å². The number of aryl methyl sites for hydroxylation is 2. The van der Waals surface area contributed by atoms with Gasteiger partial charge in [-0.25, -0.2) is 13.2 Å². The van der Waals surface area contributed by atoms with Gasteiger partial charge in [0.1, 0.15) is 0 Å². The van der Waals surface area contributed by atoms with Crippen LogP contribution in [0, 0.1) is 20.8 Å². The summed E-state index contributed by atoms with van der Waals surface area (Å²) in [6.07, 6.45) is 2.90. The molecule has 2 N–H and O–H groups in total. The van der Waals surface area contributed by atoms with Crippen molar-refractivity contribution in [2.24, 2.45) is 0 Å². The molecule has 0 saturated carbocycles. The van der Waals surface area contributed by atoms with Gasteiger partial charge < -0.3 is 19.5 Å². The number of hydrogen-bond acceptors (Lipinski definition) is 6. The van der Waals surface area contributed by atoms with Crippen LogP contribution >= 0.6 is 12.2 Å². The van der Waals surface area contributed by atoms with E-state index in [1.54, 1.807) is 24.4 Å². The third-order valence-electron chi connectivity index (χ3n) is 7.22. The number of ether oxygens (including phenoxy) is 1. The summed E-state index contributed by atoms with van der Waals surface area (Å²) in [5.74, 6) is -0.384. The van der Waals surface area contributed by atoms with Gasteiger partial charge in [-0.3, -0.25) is 9.71 Å². The predicted molar refractivity (Wildman–Crippen MR) is 164 cm³/mol. The number of thiocarbonyl (C=S) groups is 1. The lowest BCUT2D eigenvalue weighted by Crippen LogP contribution is -2.29. The molecule has 0 aliphatic carbocycles. The van der Waals surface area contributed by atoms with E-state index in [1.807, 2.05) is 56.3 Å². The topological polar surface area (TPSA) is 106 Å². The normalized spacial score (nSPS) is 16.9. The van der Waals surface area contributed by atoms with E-state index in [0.717, 1.165) is 45.8 Å². The predicted octanol–water partition coefficient (Wildman–Crippen LogP) is 5.13. The Bertz CT molecular complexity index is 1730. The largest absolute Gasteiger partial charge is 0.465 e. The second-order valence-corrected chi connectivity index (χ2v) is 12.2. The highest BCUT2D eigenvalue weighted by molar-refractivity contribution is 7.92. The Morgan fingerprint density at radius 2 is 1.73 bits per heavy atom. The fourth-order valence-corrected chi connectivity index (χ4v) is 6.38. The van der Waals surface area contributed by atoms with Gasteiger partial charge in [-0.2, -0.15) is 0 Å². The van der Waals surface area contributed by atoms with E-state index < -0.39 is 10.0 Å². The SMILES string of the molecule is COC(=O)c1ccc(-n2c(C)cc([C@H]3[C@@H](c4ccccn4)NC(=S)N3c3ccc(NS(C)(=O)=O)c(C)c3)c2C)cc1. The molecule has 0 amide bonds. The third-order valence-corrected chi connectivity index (χ3v) is 8.12. The molecule has 2 aromatic carbocycles. The van der Waals surface area contributed by atoms with Crippen molar-refractivity contribution in [3.63, 3.8) is 0 Å².